The van der Waals surface area contributed by atoms with Crippen LogP contribution in [0.3, 0.4) is 0 Å². The van der Waals surface area contributed by atoms with Crippen LogP contribution in [-0.4, -0.2) is 29.8 Å². The highest BCUT2D eigenvalue weighted by atomic mass is 16.8. The number of rotatable bonds is 4. The Morgan fingerprint density at radius 2 is 1.88 bits per heavy atom. The van der Waals surface area contributed by atoms with Crippen LogP contribution in [0.4, 0.5) is 0 Å². The summed E-state index contributed by atoms with van der Waals surface area (Å²) in [7, 11) is 1.40. The first-order valence-corrected chi connectivity index (χ1v) is 7.86. The van der Waals surface area contributed by atoms with E-state index in [9.17, 15) is 9.59 Å². The van der Waals surface area contributed by atoms with Gasteiger partial charge >= 0.3 is 5.97 Å². The molecule has 130 valence electrons. The molecule has 6 nitrogen and oxygen atoms in total. The number of hydroxylamine groups is 2. The van der Waals surface area contributed by atoms with Crippen molar-refractivity contribution in [2.24, 2.45) is 0 Å². The molecule has 0 atom stereocenters. The van der Waals surface area contributed by atoms with E-state index >= 15 is 0 Å². The van der Waals surface area contributed by atoms with Gasteiger partial charge in [-0.3, -0.25) is 9.63 Å². The van der Waals surface area contributed by atoms with Crippen LogP contribution in [0.1, 0.15) is 19.4 Å². The van der Waals surface area contributed by atoms with Crippen molar-refractivity contribution in [2.75, 3.05) is 7.11 Å². The molecule has 3 rings (SSSR count). The first-order valence-electron chi connectivity index (χ1n) is 7.86. The Hall–Kier alpha value is -2.86. The Labute approximate surface area is 145 Å². The zero-order chi connectivity index (χ0) is 18.0. The van der Waals surface area contributed by atoms with E-state index in [2.05, 4.69) is 0 Å². The van der Waals surface area contributed by atoms with Crippen molar-refractivity contribution in [2.45, 2.75) is 26.2 Å². The summed E-state index contributed by atoms with van der Waals surface area (Å²) >= 11 is 0. The minimum atomic E-state index is -1.07. The summed E-state index contributed by atoms with van der Waals surface area (Å²) in [5.41, 5.74) is 0.932. The van der Waals surface area contributed by atoms with Gasteiger partial charge in [0.2, 0.25) is 11.5 Å². The van der Waals surface area contributed by atoms with Gasteiger partial charge in [-0.05, 0) is 16.3 Å². The SMILES string of the molecule is CON(Cc1cccc2ccccc12)C(=O)C=C1OC(C)(C)OC1=O. The number of esters is 1. The highest BCUT2D eigenvalue weighted by Gasteiger charge is 2.38. The lowest BCUT2D eigenvalue weighted by atomic mass is 10.0. The van der Waals surface area contributed by atoms with Crippen molar-refractivity contribution in [3.05, 3.63) is 59.9 Å². The molecular weight excluding hydrogens is 322 g/mol. The number of hydrogen-bond donors (Lipinski definition) is 0. The van der Waals surface area contributed by atoms with Crippen LogP contribution in [0.5, 0.6) is 0 Å². The third kappa shape index (κ3) is 3.64. The molecule has 1 aliphatic heterocycles. The summed E-state index contributed by atoms with van der Waals surface area (Å²) in [6, 6.07) is 13.8. The van der Waals surface area contributed by atoms with Crippen molar-refractivity contribution < 1.29 is 23.9 Å². The van der Waals surface area contributed by atoms with Crippen LogP contribution >= 0.6 is 0 Å². The molecule has 0 bridgehead atoms. The molecule has 1 saturated heterocycles. The maximum Gasteiger partial charge on any atom is 0.377 e. The molecule has 1 fully saturated rings. The second-order valence-electron chi connectivity index (χ2n) is 6.10. The number of carbonyl (C=O) groups excluding carboxylic acids is 2. The number of nitrogens with zero attached hydrogens (tertiary/aromatic N) is 1. The predicted octanol–water partition coefficient (Wildman–Crippen LogP) is 2.92. The Kier molecular flexibility index (Phi) is 4.46. The molecular formula is C19H19NO5. The topological polar surface area (TPSA) is 65.1 Å². The second kappa shape index (κ2) is 6.57. The van der Waals surface area contributed by atoms with E-state index in [0.29, 0.717) is 0 Å². The van der Waals surface area contributed by atoms with Crippen molar-refractivity contribution in [1.29, 1.82) is 0 Å². The number of benzene rings is 2. The first-order chi connectivity index (χ1) is 11.9. The molecule has 0 N–H and O–H groups in total. The zero-order valence-electron chi connectivity index (χ0n) is 14.3. The van der Waals surface area contributed by atoms with Crippen LogP contribution in [0.25, 0.3) is 10.8 Å². The van der Waals surface area contributed by atoms with Crippen molar-refractivity contribution in [1.82, 2.24) is 5.06 Å². The fourth-order valence-electron chi connectivity index (χ4n) is 2.69. The zero-order valence-corrected chi connectivity index (χ0v) is 14.3. The summed E-state index contributed by atoms with van der Waals surface area (Å²) in [5.74, 6) is -2.37. The van der Waals surface area contributed by atoms with E-state index in [1.807, 2.05) is 42.5 Å². The minimum Gasteiger partial charge on any atom is -0.445 e. The summed E-state index contributed by atoms with van der Waals surface area (Å²) in [6.07, 6.45) is 1.09. The lowest BCUT2D eigenvalue weighted by molar-refractivity contribution is -0.173. The Morgan fingerprint density at radius 3 is 2.56 bits per heavy atom. The molecule has 1 amide bonds. The van der Waals surface area contributed by atoms with Crippen molar-refractivity contribution >= 4 is 22.6 Å². The summed E-state index contributed by atoms with van der Waals surface area (Å²) in [6.45, 7) is 3.43. The van der Waals surface area contributed by atoms with Gasteiger partial charge in [-0.1, -0.05) is 42.5 Å². The Morgan fingerprint density at radius 1 is 1.16 bits per heavy atom. The molecule has 25 heavy (non-hydrogen) atoms. The average molecular weight is 341 g/mol. The summed E-state index contributed by atoms with van der Waals surface area (Å²) in [5, 5.41) is 3.27. The van der Waals surface area contributed by atoms with Crippen LogP contribution in [0.15, 0.2) is 54.3 Å². The maximum absolute atomic E-state index is 12.5. The van der Waals surface area contributed by atoms with Gasteiger partial charge in [0.05, 0.1) is 19.7 Å². The van der Waals surface area contributed by atoms with Crippen molar-refractivity contribution in [3.63, 3.8) is 0 Å². The number of fused-ring (bicyclic) bond motifs is 1. The van der Waals surface area contributed by atoms with E-state index in [1.165, 1.54) is 7.11 Å². The van der Waals surface area contributed by atoms with E-state index in [4.69, 9.17) is 14.3 Å². The first kappa shape index (κ1) is 17.0. The minimum absolute atomic E-state index is 0.130. The Balaban J connectivity index is 1.83. The molecule has 2 aromatic carbocycles. The molecule has 0 saturated carbocycles. The second-order valence-corrected chi connectivity index (χ2v) is 6.10. The largest absolute Gasteiger partial charge is 0.445 e. The normalized spacial score (nSPS) is 17.4. The highest BCUT2D eigenvalue weighted by Crippen LogP contribution is 2.26. The third-order valence-corrected chi connectivity index (χ3v) is 3.81. The van der Waals surface area contributed by atoms with Crippen LogP contribution in [0.2, 0.25) is 0 Å². The fraction of sp³-hybridized carbons (Fsp3) is 0.263. The van der Waals surface area contributed by atoms with Gasteiger partial charge in [-0.2, -0.15) is 0 Å². The molecule has 0 unspecified atom stereocenters. The van der Waals surface area contributed by atoms with Gasteiger partial charge in [0.1, 0.15) is 0 Å². The molecule has 0 aliphatic carbocycles. The predicted molar refractivity (Wildman–Crippen MR) is 90.8 cm³/mol. The average Bonchev–Trinajstić information content (AvgIpc) is 2.84. The van der Waals surface area contributed by atoms with Crippen molar-refractivity contribution in [3.8, 4) is 0 Å². The number of hydrogen-bond acceptors (Lipinski definition) is 5. The molecule has 1 heterocycles. The molecule has 2 aromatic rings. The monoisotopic (exact) mass is 341 g/mol. The molecule has 0 radical (unpaired) electrons. The highest BCUT2D eigenvalue weighted by molar-refractivity contribution is 5.97. The molecule has 0 spiro atoms. The number of amides is 1. The fourth-order valence-corrected chi connectivity index (χ4v) is 2.69. The lowest BCUT2D eigenvalue weighted by Crippen LogP contribution is -2.28. The van der Waals surface area contributed by atoms with E-state index in [-0.39, 0.29) is 12.3 Å². The summed E-state index contributed by atoms with van der Waals surface area (Å²) < 4.78 is 10.3. The maximum atomic E-state index is 12.5. The lowest BCUT2D eigenvalue weighted by Gasteiger charge is -2.19. The smallest absolute Gasteiger partial charge is 0.377 e. The third-order valence-electron chi connectivity index (χ3n) is 3.81. The molecule has 6 heteroatoms. The van der Waals surface area contributed by atoms with Crippen LogP contribution in [0, 0.1) is 0 Å². The number of ether oxygens (including phenoxy) is 2. The van der Waals surface area contributed by atoms with E-state index in [0.717, 1.165) is 27.5 Å². The standard InChI is InChI=1S/C19H19NO5/c1-19(2)24-16(18(22)25-19)11-17(21)20(23-3)12-14-9-6-8-13-7-4-5-10-15(13)14/h4-11H,12H2,1-3H3. The van der Waals surface area contributed by atoms with E-state index in [1.54, 1.807) is 13.8 Å². The van der Waals surface area contributed by atoms with Gasteiger partial charge in [0.25, 0.3) is 5.91 Å². The number of cyclic esters (lactones) is 1. The van der Waals surface area contributed by atoms with Gasteiger partial charge in [-0.25, -0.2) is 9.86 Å². The van der Waals surface area contributed by atoms with Gasteiger partial charge in [0, 0.05) is 13.8 Å². The van der Waals surface area contributed by atoms with Gasteiger partial charge in [-0.15, -0.1) is 0 Å². The van der Waals surface area contributed by atoms with E-state index < -0.39 is 17.7 Å². The Bertz CT molecular complexity index is 851. The van der Waals surface area contributed by atoms with Gasteiger partial charge < -0.3 is 9.47 Å². The van der Waals surface area contributed by atoms with Crippen LogP contribution in [-0.2, 0) is 30.4 Å². The molecule has 0 aromatic heterocycles. The summed E-state index contributed by atoms with van der Waals surface area (Å²) in [4.78, 5) is 29.4. The number of carbonyl (C=O) groups is 2. The van der Waals surface area contributed by atoms with Crippen LogP contribution < -0.4 is 0 Å². The molecule has 1 aliphatic rings. The van der Waals surface area contributed by atoms with Gasteiger partial charge in [0.15, 0.2) is 0 Å². The quantitative estimate of drug-likeness (QED) is 0.486.